The number of thiophene rings is 1. The third-order valence-electron chi connectivity index (χ3n) is 3.83. The van der Waals surface area contributed by atoms with Crippen molar-refractivity contribution in [2.75, 3.05) is 36.5 Å². The first-order chi connectivity index (χ1) is 10.7. The molecule has 22 heavy (non-hydrogen) atoms. The molecule has 1 N–H and O–H groups in total. The summed E-state index contributed by atoms with van der Waals surface area (Å²) in [6.07, 6.45) is 1.97. The fraction of sp³-hybridized carbons (Fsp3) is 0.500. The largest absolute Gasteiger partial charge is 0.378 e. The van der Waals surface area contributed by atoms with Gasteiger partial charge in [-0.1, -0.05) is 0 Å². The van der Waals surface area contributed by atoms with Crippen LogP contribution >= 0.6 is 22.9 Å². The second kappa shape index (κ2) is 5.64. The Kier molecular flexibility index (Phi) is 3.63. The van der Waals surface area contributed by atoms with Gasteiger partial charge >= 0.3 is 0 Å². The van der Waals surface area contributed by atoms with Crippen LogP contribution in [0, 0.1) is 5.92 Å². The number of aromatic nitrogens is 2. The number of hydrogen-bond acceptors (Lipinski definition) is 6. The molecule has 3 heterocycles. The maximum Gasteiger partial charge on any atom is 0.228 e. The van der Waals surface area contributed by atoms with Gasteiger partial charge in [-0.15, -0.1) is 11.3 Å². The lowest BCUT2D eigenvalue weighted by Gasteiger charge is -2.28. The van der Waals surface area contributed by atoms with Crippen LogP contribution < -0.4 is 10.2 Å². The first kappa shape index (κ1) is 14.2. The molecule has 116 valence electrons. The van der Waals surface area contributed by atoms with Gasteiger partial charge in [0, 0.05) is 19.0 Å². The number of anilines is 2. The highest BCUT2D eigenvalue weighted by atomic mass is 35.5. The van der Waals surface area contributed by atoms with Crippen LogP contribution in [0.2, 0.25) is 5.28 Å². The summed E-state index contributed by atoms with van der Waals surface area (Å²) in [6.45, 7) is 2.92. The van der Waals surface area contributed by atoms with E-state index in [0.29, 0.717) is 13.2 Å². The van der Waals surface area contributed by atoms with Crippen molar-refractivity contribution < 1.29 is 9.53 Å². The van der Waals surface area contributed by atoms with Gasteiger partial charge in [-0.05, 0) is 30.5 Å². The number of nitrogens with zero attached hydrogens (tertiary/aromatic N) is 3. The minimum atomic E-state index is 0.0959. The fourth-order valence-electron chi connectivity index (χ4n) is 2.51. The van der Waals surface area contributed by atoms with Gasteiger partial charge in [-0.3, -0.25) is 4.79 Å². The van der Waals surface area contributed by atoms with E-state index in [9.17, 15) is 4.79 Å². The van der Waals surface area contributed by atoms with E-state index in [1.54, 1.807) is 0 Å². The quantitative estimate of drug-likeness (QED) is 0.871. The first-order valence-corrected chi connectivity index (χ1v) is 8.51. The van der Waals surface area contributed by atoms with Gasteiger partial charge < -0.3 is 15.0 Å². The van der Waals surface area contributed by atoms with Crippen LogP contribution in [-0.2, 0) is 9.53 Å². The van der Waals surface area contributed by atoms with E-state index >= 15 is 0 Å². The number of fused-ring (bicyclic) bond motifs is 1. The zero-order valence-corrected chi connectivity index (χ0v) is 13.4. The summed E-state index contributed by atoms with van der Waals surface area (Å²) in [6, 6.07) is 1.87. The van der Waals surface area contributed by atoms with Gasteiger partial charge in [0.05, 0.1) is 28.4 Å². The van der Waals surface area contributed by atoms with Crippen molar-refractivity contribution in [1.29, 1.82) is 0 Å². The number of ether oxygens (including phenoxy) is 1. The molecule has 2 aromatic rings. The molecule has 0 spiro atoms. The van der Waals surface area contributed by atoms with E-state index in [1.807, 2.05) is 6.07 Å². The number of hydrogen-bond donors (Lipinski definition) is 1. The predicted octanol–water partition coefficient (Wildman–Crippen LogP) is 2.53. The van der Waals surface area contributed by atoms with Crippen LogP contribution in [0.5, 0.6) is 0 Å². The highest BCUT2D eigenvalue weighted by Crippen LogP contribution is 2.37. The normalized spacial score (nSPS) is 18.7. The van der Waals surface area contributed by atoms with E-state index in [-0.39, 0.29) is 17.1 Å². The molecular weight excluding hydrogens is 324 g/mol. The molecule has 0 bridgehead atoms. The lowest BCUT2D eigenvalue weighted by atomic mass is 10.3. The van der Waals surface area contributed by atoms with Crippen LogP contribution in [0.1, 0.15) is 12.8 Å². The Morgan fingerprint density at radius 1 is 1.36 bits per heavy atom. The fourth-order valence-corrected chi connectivity index (χ4v) is 3.70. The average Bonchev–Trinajstić information content (AvgIpc) is 3.29. The molecule has 1 aliphatic carbocycles. The Labute approximate surface area is 136 Å². The summed E-state index contributed by atoms with van der Waals surface area (Å²) in [4.78, 5) is 22.7. The van der Waals surface area contributed by atoms with Crippen LogP contribution in [0.4, 0.5) is 10.8 Å². The van der Waals surface area contributed by atoms with Crippen LogP contribution in [-0.4, -0.2) is 42.2 Å². The standard InChI is InChI=1S/C14H15ClN4O2S/c15-14-16-9-7-10(17-13(20)8-1-2-8)22-11(9)12(18-14)19-3-5-21-6-4-19/h7-8H,1-6H2,(H,17,20). The number of halogens is 1. The van der Waals surface area contributed by atoms with Gasteiger partial charge in [-0.25, -0.2) is 4.98 Å². The van der Waals surface area contributed by atoms with Crippen molar-refractivity contribution in [2.45, 2.75) is 12.8 Å². The maximum atomic E-state index is 11.9. The zero-order valence-electron chi connectivity index (χ0n) is 11.8. The number of carbonyl (C=O) groups is 1. The minimum absolute atomic E-state index is 0.0959. The Morgan fingerprint density at radius 3 is 2.86 bits per heavy atom. The Bertz CT molecular complexity index is 725. The van der Waals surface area contributed by atoms with Gasteiger partial charge in [0.1, 0.15) is 0 Å². The monoisotopic (exact) mass is 338 g/mol. The Balaban J connectivity index is 1.69. The number of nitrogens with one attached hydrogen (secondary N) is 1. The van der Waals surface area contributed by atoms with Crippen molar-refractivity contribution in [3.8, 4) is 0 Å². The maximum absolute atomic E-state index is 11.9. The van der Waals surface area contributed by atoms with Crippen molar-refractivity contribution in [3.63, 3.8) is 0 Å². The minimum Gasteiger partial charge on any atom is -0.378 e. The highest BCUT2D eigenvalue weighted by molar-refractivity contribution is 7.23. The summed E-state index contributed by atoms with van der Waals surface area (Å²) in [5.74, 6) is 1.10. The van der Waals surface area contributed by atoms with Crippen molar-refractivity contribution in [1.82, 2.24) is 9.97 Å². The average molecular weight is 339 g/mol. The summed E-state index contributed by atoms with van der Waals surface area (Å²) in [5, 5.41) is 4.00. The van der Waals surface area contributed by atoms with Gasteiger partial charge in [-0.2, -0.15) is 4.98 Å². The van der Waals surface area contributed by atoms with Crippen LogP contribution in [0.15, 0.2) is 6.07 Å². The summed E-state index contributed by atoms with van der Waals surface area (Å²) in [5.41, 5.74) is 0.776. The van der Waals surface area contributed by atoms with E-state index in [2.05, 4.69) is 20.2 Å². The molecule has 2 fully saturated rings. The van der Waals surface area contributed by atoms with Crippen molar-refractivity contribution in [3.05, 3.63) is 11.3 Å². The Morgan fingerprint density at radius 2 is 2.14 bits per heavy atom. The molecule has 8 heteroatoms. The molecule has 1 saturated heterocycles. The SMILES string of the molecule is O=C(Nc1cc2nc(Cl)nc(N3CCOCC3)c2s1)C1CC1. The number of amides is 1. The predicted molar refractivity (Wildman–Crippen MR) is 86.8 cm³/mol. The first-order valence-electron chi connectivity index (χ1n) is 7.31. The molecule has 0 unspecified atom stereocenters. The molecular formula is C14H15ClN4O2S. The van der Waals surface area contributed by atoms with E-state index < -0.39 is 0 Å². The summed E-state index contributed by atoms with van der Waals surface area (Å²) >= 11 is 7.56. The summed E-state index contributed by atoms with van der Waals surface area (Å²) in [7, 11) is 0. The van der Waals surface area contributed by atoms with Crippen LogP contribution in [0.25, 0.3) is 10.2 Å². The molecule has 1 amide bonds. The molecule has 4 rings (SSSR count). The molecule has 2 aliphatic rings. The van der Waals surface area contributed by atoms with Gasteiger partial charge in [0.15, 0.2) is 5.82 Å². The lowest BCUT2D eigenvalue weighted by Crippen LogP contribution is -2.36. The van der Waals surface area contributed by atoms with E-state index in [0.717, 1.165) is 47.0 Å². The second-order valence-electron chi connectivity index (χ2n) is 5.50. The van der Waals surface area contributed by atoms with Crippen molar-refractivity contribution >= 4 is 49.9 Å². The topological polar surface area (TPSA) is 67.4 Å². The lowest BCUT2D eigenvalue weighted by molar-refractivity contribution is -0.117. The molecule has 0 radical (unpaired) electrons. The van der Waals surface area contributed by atoms with Crippen molar-refractivity contribution in [2.24, 2.45) is 5.92 Å². The third kappa shape index (κ3) is 2.76. The second-order valence-corrected chi connectivity index (χ2v) is 6.89. The highest BCUT2D eigenvalue weighted by Gasteiger charge is 2.30. The van der Waals surface area contributed by atoms with E-state index in [4.69, 9.17) is 16.3 Å². The summed E-state index contributed by atoms with van der Waals surface area (Å²) < 4.78 is 6.34. The molecule has 0 aromatic carbocycles. The number of carbonyl (C=O) groups excluding carboxylic acids is 1. The molecule has 1 aliphatic heterocycles. The third-order valence-corrected chi connectivity index (χ3v) is 5.04. The van der Waals surface area contributed by atoms with Gasteiger partial charge in [0.25, 0.3) is 0 Å². The number of morpholine rings is 1. The molecule has 1 saturated carbocycles. The molecule has 0 atom stereocenters. The Hall–Kier alpha value is -1.44. The number of rotatable bonds is 3. The molecule has 6 nitrogen and oxygen atoms in total. The van der Waals surface area contributed by atoms with Crippen LogP contribution in [0.3, 0.4) is 0 Å². The molecule has 2 aromatic heterocycles. The van der Waals surface area contributed by atoms with E-state index in [1.165, 1.54) is 11.3 Å². The zero-order chi connectivity index (χ0) is 15.1. The smallest absolute Gasteiger partial charge is 0.228 e. The van der Waals surface area contributed by atoms with Gasteiger partial charge in [0.2, 0.25) is 11.2 Å².